The number of thiol groups is 1. The normalized spacial score (nSPS) is 22.2. The van der Waals surface area contributed by atoms with Crippen LogP contribution in [-0.2, 0) is 39.2 Å². The number of nitrogens with zero attached hydrogens (tertiary/aromatic N) is 3. The van der Waals surface area contributed by atoms with Gasteiger partial charge in [0.2, 0.25) is 5.91 Å². The standard InChI is InChI=1S/C29H27BrN4O5S3/c1-33-11-10-31-26(33)20-9-13-42(25(20)30)21-16-41-28-23(32-22(35)14-19-4-3-12-40-19)27(36)34(28)24(21)29(37)39-15-17-5-7-18(38-2)8-6-17/h3-13,23,28,42H,14-16H2,1-2H3,(H,32,35). The third-order valence-corrected chi connectivity index (χ3v) is 13.1. The fourth-order valence-corrected chi connectivity index (χ4v) is 10.6. The molecule has 3 unspecified atom stereocenters. The summed E-state index contributed by atoms with van der Waals surface area (Å²) in [5.74, 6) is 0.923. The molecule has 2 aromatic heterocycles. The van der Waals surface area contributed by atoms with Crippen LogP contribution in [0, 0.1) is 0 Å². The van der Waals surface area contributed by atoms with E-state index in [-0.39, 0.29) is 30.5 Å². The van der Waals surface area contributed by atoms with Crippen LogP contribution in [0.1, 0.15) is 16.3 Å². The maximum atomic E-state index is 13.8. The first-order chi connectivity index (χ1) is 20.4. The second-order valence-electron chi connectivity index (χ2n) is 9.68. The number of aromatic nitrogens is 2. The van der Waals surface area contributed by atoms with E-state index in [0.717, 1.165) is 30.6 Å². The van der Waals surface area contributed by atoms with Crippen molar-refractivity contribution in [2.45, 2.75) is 24.4 Å². The molecule has 0 bridgehead atoms. The predicted molar refractivity (Wildman–Crippen MR) is 170 cm³/mol. The lowest BCUT2D eigenvalue weighted by Crippen LogP contribution is -2.70. The number of thiophene rings is 1. The van der Waals surface area contributed by atoms with Crippen LogP contribution in [0.4, 0.5) is 0 Å². The van der Waals surface area contributed by atoms with Crippen LogP contribution in [0.5, 0.6) is 5.75 Å². The van der Waals surface area contributed by atoms with E-state index < -0.39 is 28.3 Å². The number of benzene rings is 1. The number of nitrogens with one attached hydrogen (secondary N) is 1. The van der Waals surface area contributed by atoms with Gasteiger partial charge in [-0.2, -0.15) is 10.9 Å². The van der Waals surface area contributed by atoms with Gasteiger partial charge in [0.1, 0.15) is 35.3 Å². The number of hydrogen-bond donors (Lipinski definition) is 2. The Kier molecular flexibility index (Phi) is 8.35. The van der Waals surface area contributed by atoms with Gasteiger partial charge in [0.05, 0.1) is 13.5 Å². The molecule has 9 nitrogen and oxygen atoms in total. The molecule has 42 heavy (non-hydrogen) atoms. The van der Waals surface area contributed by atoms with E-state index in [4.69, 9.17) is 9.47 Å². The molecule has 2 amide bonds. The summed E-state index contributed by atoms with van der Waals surface area (Å²) in [5, 5.41) is 6.48. The highest BCUT2D eigenvalue weighted by atomic mass is 79.9. The number of methoxy groups -OCH3 is 1. The maximum absolute atomic E-state index is 13.8. The quantitative estimate of drug-likeness (QED) is 0.192. The number of imidazole rings is 1. The molecule has 1 fully saturated rings. The van der Waals surface area contributed by atoms with Gasteiger partial charge in [-0.15, -0.1) is 23.1 Å². The van der Waals surface area contributed by atoms with Gasteiger partial charge in [0.15, 0.2) is 0 Å². The number of hydrogen-bond acceptors (Lipinski definition) is 8. The smallest absolute Gasteiger partial charge is 0.356 e. The highest BCUT2D eigenvalue weighted by Gasteiger charge is 2.55. The number of ether oxygens (including phenoxy) is 2. The average molecular weight is 688 g/mol. The lowest BCUT2D eigenvalue weighted by Gasteiger charge is -2.50. The highest BCUT2D eigenvalue weighted by Crippen LogP contribution is 2.59. The molecule has 3 aliphatic heterocycles. The molecule has 3 aromatic rings. The maximum Gasteiger partial charge on any atom is 0.356 e. The molecule has 3 aliphatic rings. The Labute approximate surface area is 262 Å². The zero-order chi connectivity index (χ0) is 29.4. The van der Waals surface area contributed by atoms with Crippen molar-refractivity contribution in [1.29, 1.82) is 0 Å². The number of carbonyl (C=O) groups excluding carboxylic acids is 3. The first-order valence-electron chi connectivity index (χ1n) is 13.0. The topological polar surface area (TPSA) is 103 Å². The van der Waals surface area contributed by atoms with Gasteiger partial charge in [0, 0.05) is 44.4 Å². The van der Waals surface area contributed by atoms with Crippen LogP contribution in [0.25, 0.3) is 5.57 Å². The van der Waals surface area contributed by atoms with E-state index in [0.29, 0.717) is 11.5 Å². The fourth-order valence-electron chi connectivity index (χ4n) is 4.93. The van der Waals surface area contributed by atoms with Gasteiger partial charge in [-0.25, -0.2) is 9.78 Å². The van der Waals surface area contributed by atoms with Gasteiger partial charge in [-0.3, -0.25) is 14.5 Å². The summed E-state index contributed by atoms with van der Waals surface area (Å²) in [7, 11) is 2.43. The number of β-lactam (4-membered cyclic amide) rings is 1. The fraction of sp³-hybridized carbons (Fsp3) is 0.241. The number of aryl methyl sites for hydroxylation is 1. The minimum absolute atomic E-state index is 0.0454. The summed E-state index contributed by atoms with van der Waals surface area (Å²) in [6, 6.07) is 10.3. The third-order valence-electron chi connectivity index (χ3n) is 7.08. The average Bonchev–Trinajstić information content (AvgIpc) is 3.75. The predicted octanol–water partition coefficient (Wildman–Crippen LogP) is 4.68. The molecule has 0 aliphatic carbocycles. The van der Waals surface area contributed by atoms with Gasteiger partial charge in [0.25, 0.3) is 5.91 Å². The van der Waals surface area contributed by atoms with Crippen molar-refractivity contribution in [2.24, 2.45) is 7.05 Å². The van der Waals surface area contributed by atoms with E-state index in [2.05, 4.69) is 31.6 Å². The van der Waals surface area contributed by atoms with Crippen molar-refractivity contribution in [1.82, 2.24) is 19.8 Å². The Balaban J connectivity index is 1.27. The number of rotatable bonds is 9. The lowest BCUT2D eigenvalue weighted by atomic mass is 10.0. The van der Waals surface area contributed by atoms with Crippen LogP contribution in [0.2, 0.25) is 0 Å². The summed E-state index contributed by atoms with van der Waals surface area (Å²) < 4.78 is 13.9. The first-order valence-corrected chi connectivity index (χ1v) is 17.1. The Morgan fingerprint density at radius 3 is 2.74 bits per heavy atom. The van der Waals surface area contributed by atoms with Crippen molar-refractivity contribution in [3.63, 3.8) is 0 Å². The van der Waals surface area contributed by atoms with Gasteiger partial charge < -0.3 is 19.4 Å². The van der Waals surface area contributed by atoms with Gasteiger partial charge >= 0.3 is 5.97 Å². The Morgan fingerprint density at radius 1 is 1.24 bits per heavy atom. The molecule has 1 N–H and O–H groups in total. The van der Waals surface area contributed by atoms with Crippen LogP contribution >= 0.6 is 49.9 Å². The molecule has 0 spiro atoms. The summed E-state index contributed by atoms with van der Waals surface area (Å²) in [4.78, 5) is 47.7. The summed E-state index contributed by atoms with van der Waals surface area (Å²) in [6.45, 7) is 0.0454. The Hall–Kier alpha value is -3.26. The number of allylic oxidation sites excluding steroid dienone is 2. The Morgan fingerprint density at radius 2 is 2.05 bits per heavy atom. The number of fused-ring (bicyclic) bond motifs is 1. The molecule has 5 heterocycles. The first kappa shape index (κ1) is 28.8. The number of carbonyl (C=O) groups is 3. The molecule has 0 radical (unpaired) electrons. The molecule has 1 saturated heterocycles. The third kappa shape index (κ3) is 5.46. The summed E-state index contributed by atoms with van der Waals surface area (Å²) >= 11 is 6.84. The van der Waals surface area contributed by atoms with Crippen molar-refractivity contribution in [3.05, 3.63) is 96.3 Å². The molecule has 3 atom stereocenters. The van der Waals surface area contributed by atoms with E-state index in [9.17, 15) is 14.4 Å². The molecular weight excluding hydrogens is 660 g/mol. The van der Waals surface area contributed by atoms with Crippen molar-refractivity contribution in [3.8, 4) is 5.75 Å². The van der Waals surface area contributed by atoms with E-state index in [1.54, 1.807) is 37.2 Å². The van der Waals surface area contributed by atoms with Crippen molar-refractivity contribution < 1.29 is 23.9 Å². The zero-order valence-electron chi connectivity index (χ0n) is 22.7. The largest absolute Gasteiger partial charge is 0.497 e. The van der Waals surface area contributed by atoms with E-state index >= 15 is 0 Å². The van der Waals surface area contributed by atoms with Crippen LogP contribution in [-0.4, -0.2) is 56.5 Å². The SMILES string of the molecule is COc1ccc(COC(=O)C2=C([SH]3C=CC(c4nccn4C)=C3Br)CSC3C(NC(=O)Cc4cccs4)C(=O)N23)cc1. The minimum Gasteiger partial charge on any atom is -0.497 e. The number of amides is 2. The van der Waals surface area contributed by atoms with Crippen molar-refractivity contribution in [2.75, 3.05) is 12.9 Å². The minimum atomic E-state index is -1.09. The molecule has 0 saturated carbocycles. The van der Waals surface area contributed by atoms with Crippen LogP contribution < -0.4 is 10.1 Å². The lowest BCUT2D eigenvalue weighted by molar-refractivity contribution is -0.153. The summed E-state index contributed by atoms with van der Waals surface area (Å²) in [6.07, 6.45) is 5.84. The molecule has 6 rings (SSSR count). The van der Waals surface area contributed by atoms with E-state index in [1.165, 1.54) is 16.2 Å². The van der Waals surface area contributed by atoms with E-state index in [1.807, 2.05) is 53.5 Å². The highest BCUT2D eigenvalue weighted by molar-refractivity contribution is 9.14. The molecular formula is C29H27BrN4O5S3. The monoisotopic (exact) mass is 686 g/mol. The molecule has 1 aromatic carbocycles. The van der Waals surface area contributed by atoms with Gasteiger partial charge in [-0.1, -0.05) is 18.2 Å². The van der Waals surface area contributed by atoms with Gasteiger partial charge in [-0.05, 0) is 56.6 Å². The second-order valence-corrected chi connectivity index (χ2v) is 15.3. The van der Waals surface area contributed by atoms with Crippen LogP contribution in [0.3, 0.4) is 0 Å². The van der Waals surface area contributed by atoms with Crippen LogP contribution in [0.15, 0.2) is 80.1 Å². The molecule has 13 heteroatoms. The number of halogens is 1. The van der Waals surface area contributed by atoms with Crippen molar-refractivity contribution >= 4 is 73.3 Å². The summed E-state index contributed by atoms with van der Waals surface area (Å²) in [5.41, 5.74) is 1.99. The zero-order valence-corrected chi connectivity index (χ0v) is 26.8. The number of esters is 1. The second kappa shape index (κ2) is 12.2. The Bertz CT molecular complexity index is 1630. The number of thioether (sulfide) groups is 1. The molecule has 218 valence electrons.